The van der Waals surface area contributed by atoms with Crippen molar-refractivity contribution in [2.75, 3.05) is 13.2 Å². The first-order valence-electron chi connectivity index (χ1n) is 23.2. The standard InChI is InChI=1S/C41H81O19P3.5H3N/c1-3-5-7-9-11-13-15-17-19-21-23-25-27-29-34(42)55-31-33(57-35(43)30-28-26-24-22-20-18-16-14-12-10-8-6-4-2)32-56-63(53,54)60-39-36(44)37(45)40(58-61(47,48)49)41(38(39)46)59-62(50,51)52;;;;;/h33,36-41,44-46H,3-32H2,1-2H3,(H,53,54)(H2,47,48,49)(H2,50,51,52);5*1H3/t33?,36-,37+,38+,39-,40-,41-;;;;;/m1...../s1. The molecule has 0 bridgehead atoms. The molecule has 27 heteroatoms. The summed E-state index contributed by atoms with van der Waals surface area (Å²) in [6.45, 7) is 2.78. The molecule has 23 N–H and O–H groups in total. The maximum Gasteiger partial charge on any atom is 0.306 e. The van der Waals surface area contributed by atoms with Crippen molar-refractivity contribution in [1.82, 2.24) is 30.8 Å². The zero-order chi connectivity index (χ0) is 47.2. The quantitative estimate of drug-likeness (QED) is 0.0180. The third-order valence-corrected chi connectivity index (χ3v) is 12.9. The minimum absolute atomic E-state index is 0. The number of aliphatic hydroxyl groups excluding tert-OH is 3. The molecule has 0 heterocycles. The molecule has 2 unspecified atom stereocenters. The summed E-state index contributed by atoms with van der Waals surface area (Å²) in [7, 11) is -18.0. The second-order valence-electron chi connectivity index (χ2n) is 16.6. The summed E-state index contributed by atoms with van der Waals surface area (Å²) >= 11 is 0. The van der Waals surface area contributed by atoms with Crippen LogP contribution < -0.4 is 55.2 Å². The minimum Gasteiger partial charge on any atom is -0.790 e. The second-order valence-corrected chi connectivity index (χ2v) is 20.2. The van der Waals surface area contributed by atoms with Crippen LogP contribution in [0.15, 0.2) is 0 Å². The minimum atomic E-state index is -6.15. The van der Waals surface area contributed by atoms with Crippen LogP contribution in [0.2, 0.25) is 0 Å². The highest BCUT2D eigenvalue weighted by atomic mass is 31.2. The van der Waals surface area contributed by atoms with E-state index in [9.17, 15) is 63.1 Å². The first kappa shape index (κ1) is 75.9. The number of carbonyl (C=O) groups is 2. The number of phosphoric ester groups is 3. The van der Waals surface area contributed by atoms with E-state index in [1.165, 1.54) is 96.3 Å². The third-order valence-electron chi connectivity index (χ3n) is 10.9. The lowest BCUT2D eigenvalue weighted by atomic mass is 9.85. The molecule has 0 aliphatic heterocycles. The van der Waals surface area contributed by atoms with Crippen molar-refractivity contribution in [2.24, 2.45) is 0 Å². The summed E-state index contributed by atoms with van der Waals surface area (Å²) in [4.78, 5) is 83.4. The first-order valence-corrected chi connectivity index (χ1v) is 27.6. The van der Waals surface area contributed by atoms with Crippen LogP contribution in [0.5, 0.6) is 0 Å². The fraction of sp³-hybridized carbons (Fsp3) is 0.951. The van der Waals surface area contributed by atoms with Crippen molar-refractivity contribution >= 4 is 35.4 Å². The van der Waals surface area contributed by atoms with Crippen molar-refractivity contribution in [2.45, 2.75) is 236 Å². The number of aliphatic hydroxyl groups is 3. The molecule has 1 saturated carbocycles. The number of phosphoric acid groups is 3. The fourth-order valence-electron chi connectivity index (χ4n) is 7.38. The Bertz CT molecular complexity index is 1370. The van der Waals surface area contributed by atoms with Gasteiger partial charge in [-0.3, -0.25) is 14.2 Å². The lowest BCUT2D eigenvalue weighted by Crippen LogP contribution is -2.65. The topological polar surface area (TPSA) is 499 Å². The van der Waals surface area contributed by atoms with E-state index >= 15 is 0 Å². The largest absolute Gasteiger partial charge is 0.790 e. The van der Waals surface area contributed by atoms with Crippen LogP contribution in [0, 0.1) is 0 Å². The van der Waals surface area contributed by atoms with Gasteiger partial charge >= 0.3 is 11.9 Å². The third kappa shape index (κ3) is 38.6. The average Bonchev–Trinajstić information content (AvgIpc) is 3.20. The van der Waals surface area contributed by atoms with Gasteiger partial charge in [0, 0.05) is 12.8 Å². The molecule has 0 aromatic heterocycles. The highest BCUT2D eigenvalue weighted by Crippen LogP contribution is 2.46. The molecule has 1 aliphatic carbocycles. The van der Waals surface area contributed by atoms with E-state index in [2.05, 4.69) is 27.4 Å². The van der Waals surface area contributed by atoms with Crippen LogP contribution in [0.3, 0.4) is 0 Å². The molecule has 414 valence electrons. The van der Waals surface area contributed by atoms with E-state index in [0.29, 0.717) is 12.8 Å². The molecule has 1 fully saturated rings. The molecule has 0 radical (unpaired) electrons. The van der Waals surface area contributed by atoms with Crippen molar-refractivity contribution in [3.05, 3.63) is 0 Å². The average molecular weight is 1060 g/mol. The molecule has 0 aromatic rings. The fourth-order valence-corrected chi connectivity index (χ4v) is 9.42. The molecule has 68 heavy (non-hydrogen) atoms. The normalized spacial score (nSPS) is 20.5. The van der Waals surface area contributed by atoms with E-state index in [0.717, 1.165) is 57.8 Å². The number of carbonyl (C=O) groups excluding carboxylic acids is 2. The summed E-state index contributed by atoms with van der Waals surface area (Å²) in [6.07, 6.45) is 11.1. The van der Waals surface area contributed by atoms with Crippen LogP contribution in [-0.2, 0) is 50.9 Å². The number of unbranched alkanes of at least 4 members (excludes halogenated alkanes) is 24. The number of hydrogen-bond acceptors (Lipinski definition) is 19. The number of esters is 2. The molecule has 0 spiro atoms. The zero-order valence-corrected chi connectivity index (χ0v) is 45.2. The predicted octanol–water partition coefficient (Wildman–Crippen LogP) is 6.68. The van der Waals surface area contributed by atoms with Gasteiger partial charge in [0.05, 0.1) is 22.3 Å². The Morgan fingerprint density at radius 3 is 1.10 bits per heavy atom. The van der Waals surface area contributed by atoms with Crippen LogP contribution in [0.25, 0.3) is 0 Å². The molecule has 1 rings (SSSR count). The number of ether oxygens (including phenoxy) is 2. The Balaban J connectivity index is -0.00000265. The Morgan fingerprint density at radius 1 is 0.441 bits per heavy atom. The summed E-state index contributed by atoms with van der Waals surface area (Å²) < 4.78 is 63.7. The van der Waals surface area contributed by atoms with E-state index in [1.807, 2.05) is 0 Å². The van der Waals surface area contributed by atoms with Crippen LogP contribution >= 0.6 is 23.5 Å². The van der Waals surface area contributed by atoms with Gasteiger partial charge in [0.15, 0.2) is 6.10 Å². The lowest BCUT2D eigenvalue weighted by Gasteiger charge is -2.50. The van der Waals surface area contributed by atoms with Crippen LogP contribution in [0.1, 0.15) is 194 Å². The molecular formula is C41H96N5O19P3. The Hall–Kier alpha value is -1.05. The monoisotopic (exact) mass is 1060 g/mol. The van der Waals surface area contributed by atoms with Crippen molar-refractivity contribution in [1.29, 1.82) is 0 Å². The molecule has 8 atom stereocenters. The molecular weight excluding hydrogens is 959 g/mol. The SMILES string of the molecule is CCCCCCCCCCCCCCCC(=O)OCC(COP(=O)([O-])O[C@@H]1[C@H](O)[C@H](O)[C@@H](OP(=O)([O-])[O-])[C@H](OP(=O)([O-])[O-])[C@H]1O)OC(=O)CCCCCCCCCCCCCCC.[NH4+].[NH4+].[NH4+].[NH4+].[NH4+]. The van der Waals surface area contributed by atoms with Gasteiger partial charge in [0.1, 0.15) is 43.2 Å². The molecule has 1 aliphatic rings. The highest BCUT2D eigenvalue weighted by molar-refractivity contribution is 7.46. The van der Waals surface area contributed by atoms with Gasteiger partial charge in [-0.2, -0.15) is 0 Å². The molecule has 0 aromatic carbocycles. The lowest BCUT2D eigenvalue weighted by molar-refractivity contribution is -0.366. The van der Waals surface area contributed by atoms with Gasteiger partial charge in [0.2, 0.25) is 0 Å². The van der Waals surface area contributed by atoms with Crippen molar-refractivity contribution < 1.29 is 90.6 Å². The van der Waals surface area contributed by atoms with Crippen molar-refractivity contribution in [3.8, 4) is 0 Å². The van der Waals surface area contributed by atoms with Crippen LogP contribution in [0.4, 0.5) is 0 Å². The first-order chi connectivity index (χ1) is 29.8. The Morgan fingerprint density at radius 2 is 0.750 bits per heavy atom. The van der Waals surface area contributed by atoms with Gasteiger partial charge in [-0.25, -0.2) is 0 Å². The summed E-state index contributed by atoms with van der Waals surface area (Å²) in [6, 6.07) is 0. The van der Waals surface area contributed by atoms with Gasteiger partial charge in [-0.05, 0) is 12.8 Å². The van der Waals surface area contributed by atoms with Crippen molar-refractivity contribution in [3.63, 3.8) is 0 Å². The van der Waals surface area contributed by atoms with E-state index in [-0.39, 0.29) is 43.6 Å². The smallest absolute Gasteiger partial charge is 0.306 e. The highest BCUT2D eigenvalue weighted by Gasteiger charge is 2.53. The Labute approximate surface area is 405 Å². The maximum absolute atomic E-state index is 12.9. The summed E-state index contributed by atoms with van der Waals surface area (Å²) in [5, 5.41) is 31.5. The maximum atomic E-state index is 12.9. The van der Waals surface area contributed by atoms with Gasteiger partial charge in [-0.1, -0.05) is 168 Å². The Kier molecular flexibility index (Phi) is 48.6. The predicted molar refractivity (Wildman–Crippen MR) is 253 cm³/mol. The van der Waals surface area contributed by atoms with E-state index < -0.39 is 91.3 Å². The summed E-state index contributed by atoms with van der Waals surface area (Å²) in [5.41, 5.74) is 0. The van der Waals surface area contributed by atoms with Gasteiger partial charge in [0.25, 0.3) is 7.82 Å². The summed E-state index contributed by atoms with van der Waals surface area (Å²) in [5.74, 6) is -1.36. The number of quaternary nitrogens is 5. The number of hydrogen-bond donors (Lipinski definition) is 8. The number of rotatable bonds is 40. The molecule has 0 saturated heterocycles. The van der Waals surface area contributed by atoms with E-state index in [4.69, 9.17) is 14.0 Å². The van der Waals surface area contributed by atoms with E-state index in [1.54, 1.807) is 0 Å². The second kappa shape index (κ2) is 43.5. The molecule has 0 amide bonds. The van der Waals surface area contributed by atoms with Gasteiger partial charge < -0.3 is 107 Å². The van der Waals surface area contributed by atoms with Crippen LogP contribution in [-0.4, -0.2) is 83.2 Å². The zero-order valence-electron chi connectivity index (χ0n) is 42.5. The van der Waals surface area contributed by atoms with Gasteiger partial charge in [-0.15, -0.1) is 0 Å². The molecule has 24 nitrogen and oxygen atoms in total.